The molecule has 172 valence electrons. The predicted molar refractivity (Wildman–Crippen MR) is 126 cm³/mol. The lowest BCUT2D eigenvalue weighted by Crippen LogP contribution is -2.44. The average molecular weight is 439 g/mol. The minimum absolute atomic E-state index is 0.162. The van der Waals surface area contributed by atoms with Gasteiger partial charge in [0.15, 0.2) is 5.82 Å². The van der Waals surface area contributed by atoms with E-state index in [-0.39, 0.29) is 6.10 Å². The van der Waals surface area contributed by atoms with E-state index < -0.39 is 0 Å². The summed E-state index contributed by atoms with van der Waals surface area (Å²) in [7, 11) is 4.32. The number of nitrogens with zero attached hydrogens (tertiary/aromatic N) is 5. The summed E-state index contributed by atoms with van der Waals surface area (Å²) in [4.78, 5) is 17.0. The van der Waals surface area contributed by atoms with Gasteiger partial charge < -0.3 is 29.5 Å². The third-order valence-corrected chi connectivity index (χ3v) is 6.66. The van der Waals surface area contributed by atoms with E-state index in [0.717, 1.165) is 87.3 Å². The molecule has 8 heteroatoms. The van der Waals surface area contributed by atoms with Crippen LogP contribution in [0.4, 0.5) is 11.5 Å². The highest BCUT2D eigenvalue weighted by molar-refractivity contribution is 5.63. The van der Waals surface area contributed by atoms with Gasteiger partial charge in [0, 0.05) is 69.0 Å². The molecule has 0 aliphatic carbocycles. The summed E-state index contributed by atoms with van der Waals surface area (Å²) in [5.74, 6) is 1.66. The highest BCUT2D eigenvalue weighted by Crippen LogP contribution is 2.28. The van der Waals surface area contributed by atoms with Crippen LogP contribution in [0.5, 0.6) is 0 Å². The van der Waals surface area contributed by atoms with Crippen LogP contribution in [0.2, 0.25) is 0 Å². The lowest BCUT2D eigenvalue weighted by Gasteiger charge is -2.34. The van der Waals surface area contributed by atoms with Crippen molar-refractivity contribution in [3.63, 3.8) is 0 Å². The molecule has 32 heavy (non-hydrogen) atoms. The Labute approximate surface area is 190 Å². The van der Waals surface area contributed by atoms with E-state index in [4.69, 9.17) is 19.4 Å². The summed E-state index contributed by atoms with van der Waals surface area (Å²) in [6.45, 7) is 9.04. The van der Waals surface area contributed by atoms with Gasteiger partial charge in [-0.05, 0) is 38.4 Å². The number of anilines is 2. The Morgan fingerprint density at radius 1 is 0.969 bits per heavy atom. The van der Waals surface area contributed by atoms with Crippen LogP contribution in [-0.2, 0) is 22.5 Å². The van der Waals surface area contributed by atoms with E-state index in [1.165, 1.54) is 5.69 Å². The van der Waals surface area contributed by atoms with Crippen molar-refractivity contribution in [1.29, 1.82) is 0 Å². The van der Waals surface area contributed by atoms with E-state index in [0.29, 0.717) is 13.2 Å². The van der Waals surface area contributed by atoms with Gasteiger partial charge in [-0.25, -0.2) is 9.97 Å². The Kier molecular flexibility index (Phi) is 6.54. The minimum Gasteiger partial charge on any atom is -0.376 e. The molecule has 3 aliphatic heterocycles. The zero-order chi connectivity index (χ0) is 21.9. The van der Waals surface area contributed by atoms with Gasteiger partial charge >= 0.3 is 0 Å². The van der Waals surface area contributed by atoms with Crippen molar-refractivity contribution in [2.75, 3.05) is 83.3 Å². The number of morpholine rings is 1. The summed E-state index contributed by atoms with van der Waals surface area (Å²) < 4.78 is 11.6. The first-order chi connectivity index (χ1) is 15.7. The number of aromatic nitrogens is 2. The summed E-state index contributed by atoms with van der Waals surface area (Å²) in [5.41, 5.74) is 4.49. The molecule has 0 amide bonds. The van der Waals surface area contributed by atoms with E-state index in [1.54, 1.807) is 0 Å². The molecule has 0 bridgehead atoms. The standard InChI is InChI=1S/C24H34N6O2/c1-28-8-10-30(11-9-28)19-5-3-18(4-6-19)23-26-22-7-13-31-17-21(22)24(27-23)25-15-20-16-29(2)12-14-32-20/h3-6,20H,7-17H2,1-2H3,(H,25,26,27). The van der Waals surface area contributed by atoms with Gasteiger partial charge in [-0.1, -0.05) is 0 Å². The third kappa shape index (κ3) is 4.88. The molecule has 1 aromatic carbocycles. The van der Waals surface area contributed by atoms with Crippen LogP contribution in [0.3, 0.4) is 0 Å². The average Bonchev–Trinajstić information content (AvgIpc) is 2.83. The van der Waals surface area contributed by atoms with E-state index in [2.05, 4.69) is 58.4 Å². The van der Waals surface area contributed by atoms with Crippen molar-refractivity contribution in [3.8, 4) is 11.4 Å². The second kappa shape index (κ2) is 9.70. The molecule has 0 spiro atoms. The summed E-state index contributed by atoms with van der Waals surface area (Å²) >= 11 is 0. The first-order valence-corrected chi connectivity index (χ1v) is 11.7. The van der Waals surface area contributed by atoms with Crippen molar-refractivity contribution >= 4 is 11.5 Å². The van der Waals surface area contributed by atoms with Crippen LogP contribution < -0.4 is 10.2 Å². The van der Waals surface area contributed by atoms with Crippen molar-refractivity contribution in [2.45, 2.75) is 19.1 Å². The molecule has 0 saturated carbocycles. The number of nitrogens with one attached hydrogen (secondary N) is 1. The minimum atomic E-state index is 0.162. The highest BCUT2D eigenvalue weighted by atomic mass is 16.5. The van der Waals surface area contributed by atoms with Gasteiger partial charge in [0.1, 0.15) is 5.82 Å². The molecule has 5 rings (SSSR count). The number of likely N-dealkylation sites (N-methyl/N-ethyl adjacent to an activating group) is 2. The third-order valence-electron chi connectivity index (χ3n) is 6.66. The SMILES string of the molecule is CN1CCN(c2ccc(-c3nc4c(c(NCC5CN(C)CCO5)n3)COCC4)cc2)CC1. The monoisotopic (exact) mass is 438 g/mol. The highest BCUT2D eigenvalue weighted by Gasteiger charge is 2.22. The summed E-state index contributed by atoms with van der Waals surface area (Å²) in [5, 5.41) is 3.54. The fourth-order valence-corrected chi connectivity index (χ4v) is 4.59. The molecule has 3 aliphatic rings. The van der Waals surface area contributed by atoms with Crippen molar-refractivity contribution in [3.05, 3.63) is 35.5 Å². The van der Waals surface area contributed by atoms with E-state index in [9.17, 15) is 0 Å². The Hall–Kier alpha value is -2.26. The molecule has 8 nitrogen and oxygen atoms in total. The Morgan fingerprint density at radius 3 is 2.56 bits per heavy atom. The molecule has 0 radical (unpaired) electrons. The van der Waals surface area contributed by atoms with Crippen LogP contribution in [0.25, 0.3) is 11.4 Å². The van der Waals surface area contributed by atoms with Crippen LogP contribution in [-0.4, -0.2) is 99.0 Å². The maximum absolute atomic E-state index is 5.92. The first kappa shape index (κ1) is 21.6. The van der Waals surface area contributed by atoms with Gasteiger partial charge in [-0.15, -0.1) is 0 Å². The predicted octanol–water partition coefficient (Wildman–Crippen LogP) is 1.71. The largest absolute Gasteiger partial charge is 0.376 e. The van der Waals surface area contributed by atoms with Crippen LogP contribution in [0.1, 0.15) is 11.3 Å². The number of fused-ring (bicyclic) bond motifs is 1. The number of hydrogen-bond acceptors (Lipinski definition) is 8. The van der Waals surface area contributed by atoms with E-state index in [1.807, 2.05) is 0 Å². The maximum Gasteiger partial charge on any atom is 0.161 e. The first-order valence-electron chi connectivity index (χ1n) is 11.7. The second-order valence-corrected chi connectivity index (χ2v) is 9.10. The van der Waals surface area contributed by atoms with Gasteiger partial charge in [-0.3, -0.25) is 0 Å². The van der Waals surface area contributed by atoms with Gasteiger partial charge in [0.25, 0.3) is 0 Å². The molecule has 2 aromatic rings. The van der Waals surface area contributed by atoms with E-state index >= 15 is 0 Å². The van der Waals surface area contributed by atoms with Gasteiger partial charge in [-0.2, -0.15) is 0 Å². The smallest absolute Gasteiger partial charge is 0.161 e. The number of ether oxygens (including phenoxy) is 2. The maximum atomic E-state index is 5.92. The molecule has 1 atom stereocenters. The zero-order valence-electron chi connectivity index (χ0n) is 19.2. The number of piperazine rings is 1. The van der Waals surface area contributed by atoms with Crippen LogP contribution in [0, 0.1) is 0 Å². The van der Waals surface area contributed by atoms with Crippen molar-refractivity contribution in [2.24, 2.45) is 0 Å². The fraction of sp³-hybridized carbons (Fsp3) is 0.583. The van der Waals surface area contributed by atoms with Gasteiger partial charge in [0.05, 0.1) is 31.6 Å². The molecule has 1 unspecified atom stereocenters. The van der Waals surface area contributed by atoms with Crippen molar-refractivity contribution in [1.82, 2.24) is 19.8 Å². The second-order valence-electron chi connectivity index (χ2n) is 9.10. The summed E-state index contributed by atoms with van der Waals surface area (Å²) in [6, 6.07) is 8.70. The van der Waals surface area contributed by atoms with Crippen LogP contribution >= 0.6 is 0 Å². The molecular weight excluding hydrogens is 404 g/mol. The lowest BCUT2D eigenvalue weighted by molar-refractivity contribution is -0.0117. The Bertz CT molecular complexity index is 913. The number of benzene rings is 1. The number of rotatable bonds is 5. The molecule has 2 fully saturated rings. The van der Waals surface area contributed by atoms with Gasteiger partial charge in [0.2, 0.25) is 0 Å². The Balaban J connectivity index is 1.35. The van der Waals surface area contributed by atoms with Crippen molar-refractivity contribution < 1.29 is 9.47 Å². The topological polar surface area (TPSA) is 66.0 Å². The molecule has 4 heterocycles. The zero-order valence-corrected chi connectivity index (χ0v) is 19.2. The Morgan fingerprint density at radius 2 is 1.78 bits per heavy atom. The normalized spacial score (nSPS) is 22.6. The molecule has 2 saturated heterocycles. The molecule has 1 N–H and O–H groups in total. The van der Waals surface area contributed by atoms with Crippen LogP contribution in [0.15, 0.2) is 24.3 Å². The molecular formula is C24H34N6O2. The fourth-order valence-electron chi connectivity index (χ4n) is 4.59. The summed E-state index contributed by atoms with van der Waals surface area (Å²) in [6.07, 6.45) is 0.983. The quantitative estimate of drug-likeness (QED) is 0.757. The number of hydrogen-bond donors (Lipinski definition) is 1. The molecule has 1 aromatic heterocycles. The lowest BCUT2D eigenvalue weighted by atomic mass is 10.1.